The molecular weight excluding hydrogens is 422 g/mol. The Morgan fingerprint density at radius 3 is 2.67 bits per heavy atom. The topological polar surface area (TPSA) is 86.3 Å². The third-order valence-electron chi connectivity index (χ3n) is 6.92. The number of aliphatic hydroxyl groups excluding tert-OH is 1. The number of carbonyl (C=O) groups excluding carboxylic acids is 1. The van der Waals surface area contributed by atoms with Crippen molar-refractivity contribution in [1.29, 1.82) is 0 Å². The molecule has 172 valence electrons. The molecule has 0 aromatic heterocycles. The molecule has 5 rings (SSSR count). The molecule has 7 heteroatoms. The Kier molecular flexibility index (Phi) is 5.19. The molecule has 3 aliphatic rings. The second kappa shape index (κ2) is 8.06. The van der Waals surface area contributed by atoms with Crippen LogP contribution in [0.2, 0.25) is 0 Å². The number of aliphatic hydroxyl groups is 1. The molecule has 2 bridgehead atoms. The summed E-state index contributed by atoms with van der Waals surface area (Å²) in [6, 6.07) is 11.3. The lowest BCUT2D eigenvalue weighted by atomic mass is 9.70. The first-order valence-corrected chi connectivity index (χ1v) is 11.0. The van der Waals surface area contributed by atoms with Gasteiger partial charge in [-0.05, 0) is 43.2 Å². The number of rotatable bonds is 5. The highest BCUT2D eigenvalue weighted by molar-refractivity contribution is 5.98. The number of carbonyl (C=O) groups is 1. The Bertz CT molecular complexity index is 1170. The van der Waals surface area contributed by atoms with E-state index in [9.17, 15) is 9.90 Å². The standard InChI is InChI=1S/C26H27NO6/c1-30-20-13-11-15(23(31-2)24(20)32-3)10-12-18(28)22-21-16-7-4-5-9-19(16)33-26(27-25(22)29)14-6-8-17(21)26/h4-5,7,9-13,17,21,28H,6,8,14H2,1-3H3,(H,27,29). The molecule has 1 saturated carbocycles. The van der Waals surface area contributed by atoms with Crippen LogP contribution in [0.15, 0.2) is 53.8 Å². The fourth-order valence-electron chi connectivity index (χ4n) is 5.54. The van der Waals surface area contributed by atoms with Gasteiger partial charge in [-0.15, -0.1) is 0 Å². The predicted octanol–water partition coefficient (Wildman–Crippen LogP) is 4.34. The van der Waals surface area contributed by atoms with Crippen molar-refractivity contribution in [2.24, 2.45) is 5.92 Å². The largest absolute Gasteiger partial charge is 0.507 e. The van der Waals surface area contributed by atoms with Gasteiger partial charge >= 0.3 is 0 Å². The summed E-state index contributed by atoms with van der Waals surface area (Å²) in [7, 11) is 4.63. The molecule has 0 spiro atoms. The lowest BCUT2D eigenvalue weighted by Gasteiger charge is -2.49. The van der Waals surface area contributed by atoms with E-state index in [1.165, 1.54) is 7.11 Å². The third-order valence-corrected chi connectivity index (χ3v) is 6.92. The van der Waals surface area contributed by atoms with Crippen LogP contribution >= 0.6 is 0 Å². The van der Waals surface area contributed by atoms with Crippen molar-refractivity contribution in [2.45, 2.75) is 30.9 Å². The van der Waals surface area contributed by atoms with E-state index in [0.717, 1.165) is 30.6 Å². The minimum atomic E-state index is -0.698. The van der Waals surface area contributed by atoms with Crippen molar-refractivity contribution < 1.29 is 28.8 Å². The van der Waals surface area contributed by atoms with Crippen molar-refractivity contribution in [3.8, 4) is 23.0 Å². The number of methoxy groups -OCH3 is 3. The van der Waals surface area contributed by atoms with Gasteiger partial charge in [-0.3, -0.25) is 4.79 Å². The van der Waals surface area contributed by atoms with Gasteiger partial charge in [0.05, 0.1) is 26.9 Å². The highest BCUT2D eigenvalue weighted by atomic mass is 16.5. The van der Waals surface area contributed by atoms with E-state index in [1.54, 1.807) is 38.5 Å². The summed E-state index contributed by atoms with van der Waals surface area (Å²) in [5, 5.41) is 14.2. The summed E-state index contributed by atoms with van der Waals surface area (Å²) in [6.45, 7) is 0. The molecule has 3 atom stereocenters. The minimum Gasteiger partial charge on any atom is -0.507 e. The third kappa shape index (κ3) is 3.22. The fraction of sp³-hybridized carbons (Fsp3) is 0.346. The second-order valence-corrected chi connectivity index (χ2v) is 8.52. The van der Waals surface area contributed by atoms with E-state index in [-0.39, 0.29) is 23.5 Å². The number of ether oxygens (including phenoxy) is 4. The van der Waals surface area contributed by atoms with Gasteiger partial charge in [0.25, 0.3) is 5.91 Å². The number of benzene rings is 2. The second-order valence-electron chi connectivity index (χ2n) is 8.52. The first-order chi connectivity index (χ1) is 16.0. The van der Waals surface area contributed by atoms with E-state index in [4.69, 9.17) is 18.9 Å². The highest BCUT2D eigenvalue weighted by Crippen LogP contribution is 2.57. The van der Waals surface area contributed by atoms with Gasteiger partial charge in [0.1, 0.15) is 11.5 Å². The normalized spacial score (nSPS) is 26.7. The highest BCUT2D eigenvalue weighted by Gasteiger charge is 2.59. The molecule has 1 amide bonds. The molecule has 2 aromatic carbocycles. The van der Waals surface area contributed by atoms with Gasteiger partial charge in [0.2, 0.25) is 5.75 Å². The zero-order chi connectivity index (χ0) is 23.2. The number of allylic oxidation sites excluding steroid dienone is 1. The molecule has 2 N–H and O–H groups in total. The van der Waals surface area contributed by atoms with Crippen molar-refractivity contribution in [1.82, 2.24) is 5.32 Å². The smallest absolute Gasteiger partial charge is 0.254 e. The average Bonchev–Trinajstić information content (AvgIpc) is 3.25. The number of para-hydroxylation sites is 1. The van der Waals surface area contributed by atoms with Gasteiger partial charge in [-0.25, -0.2) is 0 Å². The summed E-state index contributed by atoms with van der Waals surface area (Å²) in [5.41, 5.74) is 1.29. The molecule has 2 aromatic rings. The van der Waals surface area contributed by atoms with Crippen LogP contribution in [0.5, 0.6) is 23.0 Å². The van der Waals surface area contributed by atoms with Crippen LogP contribution in [0, 0.1) is 5.92 Å². The van der Waals surface area contributed by atoms with Crippen molar-refractivity contribution in [3.05, 3.63) is 64.9 Å². The number of piperidine rings is 1. The Morgan fingerprint density at radius 2 is 1.91 bits per heavy atom. The summed E-state index contributed by atoms with van der Waals surface area (Å²) in [6.07, 6.45) is 5.89. The molecule has 2 fully saturated rings. The molecule has 33 heavy (non-hydrogen) atoms. The van der Waals surface area contributed by atoms with Crippen molar-refractivity contribution in [3.63, 3.8) is 0 Å². The number of amides is 1. The average molecular weight is 450 g/mol. The van der Waals surface area contributed by atoms with E-state index < -0.39 is 5.72 Å². The Labute approximate surface area is 192 Å². The maximum absolute atomic E-state index is 13.2. The van der Waals surface area contributed by atoms with E-state index in [0.29, 0.717) is 28.4 Å². The Balaban J connectivity index is 1.59. The number of hydrogen-bond acceptors (Lipinski definition) is 6. The summed E-state index contributed by atoms with van der Waals surface area (Å²) >= 11 is 0. The van der Waals surface area contributed by atoms with Gasteiger partial charge < -0.3 is 29.4 Å². The zero-order valence-corrected chi connectivity index (χ0v) is 18.9. The Hall–Kier alpha value is -3.61. The van der Waals surface area contributed by atoms with Crippen LogP contribution in [0.25, 0.3) is 6.08 Å². The first kappa shape index (κ1) is 21.2. The van der Waals surface area contributed by atoms with Crippen LogP contribution in [-0.4, -0.2) is 38.1 Å². The van der Waals surface area contributed by atoms with E-state index >= 15 is 0 Å². The maximum atomic E-state index is 13.2. The molecule has 1 saturated heterocycles. The minimum absolute atomic E-state index is 0.0752. The lowest BCUT2D eigenvalue weighted by molar-refractivity contribution is -0.132. The van der Waals surface area contributed by atoms with E-state index in [1.807, 2.05) is 24.3 Å². The van der Waals surface area contributed by atoms with Crippen LogP contribution in [-0.2, 0) is 4.79 Å². The molecule has 3 unspecified atom stereocenters. The molecule has 2 aliphatic heterocycles. The molecule has 1 aliphatic carbocycles. The van der Waals surface area contributed by atoms with E-state index in [2.05, 4.69) is 5.32 Å². The van der Waals surface area contributed by atoms with Gasteiger partial charge in [0.15, 0.2) is 17.2 Å². The quantitative estimate of drug-likeness (QED) is 0.522. The summed E-state index contributed by atoms with van der Waals surface area (Å²) in [4.78, 5) is 13.2. The van der Waals surface area contributed by atoms with Crippen molar-refractivity contribution in [2.75, 3.05) is 21.3 Å². The molecule has 7 nitrogen and oxygen atoms in total. The van der Waals surface area contributed by atoms with Crippen molar-refractivity contribution >= 4 is 12.0 Å². The Morgan fingerprint density at radius 1 is 1.12 bits per heavy atom. The fourth-order valence-corrected chi connectivity index (χ4v) is 5.54. The molecule has 0 radical (unpaired) electrons. The first-order valence-electron chi connectivity index (χ1n) is 11.0. The molecule has 2 heterocycles. The van der Waals surface area contributed by atoms with Gasteiger partial charge in [-0.1, -0.05) is 18.2 Å². The van der Waals surface area contributed by atoms with Gasteiger partial charge in [0, 0.05) is 29.4 Å². The monoisotopic (exact) mass is 449 g/mol. The number of hydrogen-bond donors (Lipinski definition) is 2. The number of fused-ring (bicyclic) bond motifs is 2. The predicted molar refractivity (Wildman–Crippen MR) is 123 cm³/mol. The molecular formula is C26H27NO6. The summed E-state index contributed by atoms with van der Waals surface area (Å²) < 4.78 is 22.6. The zero-order valence-electron chi connectivity index (χ0n) is 18.9. The summed E-state index contributed by atoms with van der Waals surface area (Å²) in [5.74, 6) is 1.70. The van der Waals surface area contributed by atoms with Crippen LogP contribution in [0.1, 0.15) is 36.3 Å². The number of nitrogens with one attached hydrogen (secondary N) is 1. The van der Waals surface area contributed by atoms with Gasteiger partial charge in [-0.2, -0.15) is 0 Å². The van der Waals surface area contributed by atoms with Crippen LogP contribution < -0.4 is 24.3 Å². The van der Waals surface area contributed by atoms with Crippen LogP contribution in [0.4, 0.5) is 0 Å². The SMILES string of the molecule is COc1ccc(C=CC(O)=C2C(=O)NC34CCCC3C2c2ccccc2O4)c(OC)c1OC. The lowest BCUT2D eigenvalue weighted by Crippen LogP contribution is -2.63. The van der Waals surface area contributed by atoms with Crippen LogP contribution in [0.3, 0.4) is 0 Å². The maximum Gasteiger partial charge on any atom is 0.254 e.